The Morgan fingerprint density at radius 3 is 2.17 bits per heavy atom. The highest BCUT2D eigenvalue weighted by Crippen LogP contribution is 2.23. The number of ether oxygens (including phenoxy) is 2. The first-order valence-electron chi connectivity index (χ1n) is 7.69. The van der Waals surface area contributed by atoms with Crippen molar-refractivity contribution < 1.29 is 14.3 Å². The maximum atomic E-state index is 12.1. The lowest BCUT2D eigenvalue weighted by atomic mass is 10.2. The first-order valence-corrected chi connectivity index (χ1v) is 7.69. The first kappa shape index (κ1) is 15.4. The van der Waals surface area contributed by atoms with Gasteiger partial charge in [-0.25, -0.2) is 4.79 Å². The van der Waals surface area contributed by atoms with E-state index >= 15 is 0 Å². The number of aryl methyl sites for hydroxylation is 1. The Morgan fingerprint density at radius 1 is 1.00 bits per heavy atom. The van der Waals surface area contributed by atoms with Crippen LogP contribution in [0.15, 0.2) is 48.5 Å². The molecule has 1 heterocycles. The van der Waals surface area contributed by atoms with Crippen molar-refractivity contribution in [3.8, 4) is 11.5 Å². The second-order valence-corrected chi connectivity index (χ2v) is 5.47. The number of carbonyl (C=O) groups excluding carboxylic acids is 1. The summed E-state index contributed by atoms with van der Waals surface area (Å²) in [6, 6.07) is 15.1. The summed E-state index contributed by atoms with van der Waals surface area (Å²) in [7, 11) is 0. The smallest absolute Gasteiger partial charge is 0.321 e. The molecule has 1 saturated heterocycles. The fourth-order valence-electron chi connectivity index (χ4n) is 2.32. The third-order valence-corrected chi connectivity index (χ3v) is 3.66. The van der Waals surface area contributed by atoms with Gasteiger partial charge in [-0.3, -0.25) is 0 Å². The van der Waals surface area contributed by atoms with Crippen molar-refractivity contribution in [1.82, 2.24) is 4.90 Å². The quantitative estimate of drug-likeness (QED) is 0.941. The van der Waals surface area contributed by atoms with Crippen molar-refractivity contribution in [2.75, 3.05) is 31.6 Å². The molecule has 1 N–H and O–H groups in total. The Morgan fingerprint density at radius 2 is 1.57 bits per heavy atom. The number of rotatable bonds is 3. The minimum absolute atomic E-state index is 0.0968. The molecule has 0 unspecified atom stereocenters. The van der Waals surface area contributed by atoms with E-state index in [4.69, 9.17) is 9.47 Å². The Balaban J connectivity index is 1.58. The van der Waals surface area contributed by atoms with Crippen LogP contribution in [-0.4, -0.2) is 37.2 Å². The van der Waals surface area contributed by atoms with Gasteiger partial charge >= 0.3 is 6.03 Å². The summed E-state index contributed by atoms with van der Waals surface area (Å²) in [6.07, 6.45) is 0. The van der Waals surface area contributed by atoms with E-state index in [-0.39, 0.29) is 6.03 Å². The number of carbonyl (C=O) groups is 1. The number of morpholine rings is 1. The summed E-state index contributed by atoms with van der Waals surface area (Å²) >= 11 is 0. The van der Waals surface area contributed by atoms with Crippen LogP contribution in [-0.2, 0) is 4.74 Å². The molecule has 2 aromatic carbocycles. The van der Waals surface area contributed by atoms with Crippen LogP contribution in [0.3, 0.4) is 0 Å². The summed E-state index contributed by atoms with van der Waals surface area (Å²) in [5, 5.41) is 2.89. The summed E-state index contributed by atoms with van der Waals surface area (Å²) in [6.45, 7) is 4.48. The molecule has 0 atom stereocenters. The van der Waals surface area contributed by atoms with Crippen molar-refractivity contribution in [2.24, 2.45) is 0 Å². The largest absolute Gasteiger partial charge is 0.457 e. The molecule has 2 amide bonds. The maximum absolute atomic E-state index is 12.1. The molecule has 120 valence electrons. The van der Waals surface area contributed by atoms with Gasteiger partial charge in [0.15, 0.2) is 0 Å². The molecule has 1 aliphatic rings. The number of nitrogens with one attached hydrogen (secondary N) is 1. The van der Waals surface area contributed by atoms with Gasteiger partial charge < -0.3 is 19.7 Å². The lowest BCUT2D eigenvalue weighted by Crippen LogP contribution is -2.43. The molecular formula is C18H20N2O3. The van der Waals surface area contributed by atoms with Gasteiger partial charge in [0, 0.05) is 18.8 Å². The van der Waals surface area contributed by atoms with Crippen molar-refractivity contribution in [3.05, 3.63) is 54.1 Å². The lowest BCUT2D eigenvalue weighted by Gasteiger charge is -2.26. The van der Waals surface area contributed by atoms with Crippen LogP contribution in [0.1, 0.15) is 5.56 Å². The SMILES string of the molecule is Cc1ccc(Oc2ccc(NC(=O)N3CCOCC3)cc2)cc1. The highest BCUT2D eigenvalue weighted by atomic mass is 16.5. The van der Waals surface area contributed by atoms with Gasteiger partial charge in [0.05, 0.1) is 13.2 Å². The second-order valence-electron chi connectivity index (χ2n) is 5.47. The van der Waals surface area contributed by atoms with Crippen molar-refractivity contribution in [1.29, 1.82) is 0 Å². The third-order valence-electron chi connectivity index (χ3n) is 3.66. The van der Waals surface area contributed by atoms with Gasteiger partial charge in [0.25, 0.3) is 0 Å². The van der Waals surface area contributed by atoms with E-state index in [1.165, 1.54) is 5.56 Å². The van der Waals surface area contributed by atoms with E-state index in [0.717, 1.165) is 17.2 Å². The molecule has 0 radical (unpaired) electrons. The highest BCUT2D eigenvalue weighted by Gasteiger charge is 2.16. The van der Waals surface area contributed by atoms with Gasteiger partial charge in [-0.05, 0) is 43.3 Å². The zero-order chi connectivity index (χ0) is 16.1. The molecule has 1 aliphatic heterocycles. The lowest BCUT2D eigenvalue weighted by molar-refractivity contribution is 0.0564. The average Bonchev–Trinajstić information content (AvgIpc) is 2.59. The Kier molecular flexibility index (Phi) is 4.78. The molecule has 1 fully saturated rings. The highest BCUT2D eigenvalue weighted by molar-refractivity contribution is 5.89. The third kappa shape index (κ3) is 4.23. The first-order chi connectivity index (χ1) is 11.2. The number of benzene rings is 2. The second kappa shape index (κ2) is 7.15. The van der Waals surface area contributed by atoms with Crippen LogP contribution in [0.5, 0.6) is 11.5 Å². The van der Waals surface area contributed by atoms with E-state index in [9.17, 15) is 4.79 Å². The van der Waals surface area contributed by atoms with E-state index in [1.54, 1.807) is 4.90 Å². The van der Waals surface area contributed by atoms with Crippen LogP contribution in [0.25, 0.3) is 0 Å². The summed E-state index contributed by atoms with van der Waals surface area (Å²) in [5.74, 6) is 1.53. The predicted octanol–water partition coefficient (Wildman–Crippen LogP) is 3.65. The average molecular weight is 312 g/mol. The van der Waals surface area contributed by atoms with Crippen molar-refractivity contribution >= 4 is 11.7 Å². The van der Waals surface area contributed by atoms with Crippen LogP contribution in [0.4, 0.5) is 10.5 Å². The molecule has 0 spiro atoms. The summed E-state index contributed by atoms with van der Waals surface area (Å²) < 4.78 is 11.0. The minimum atomic E-state index is -0.0968. The normalized spacial score (nSPS) is 14.4. The zero-order valence-corrected chi connectivity index (χ0v) is 13.1. The molecule has 0 aliphatic carbocycles. The zero-order valence-electron chi connectivity index (χ0n) is 13.1. The van der Waals surface area contributed by atoms with Gasteiger partial charge in [0.1, 0.15) is 11.5 Å². The number of anilines is 1. The molecule has 5 heteroatoms. The Labute approximate surface area is 135 Å². The van der Waals surface area contributed by atoms with Gasteiger partial charge in [0.2, 0.25) is 0 Å². The monoisotopic (exact) mass is 312 g/mol. The molecule has 3 rings (SSSR count). The topological polar surface area (TPSA) is 50.8 Å². The van der Waals surface area contributed by atoms with E-state index in [2.05, 4.69) is 5.32 Å². The van der Waals surface area contributed by atoms with Crippen LogP contribution >= 0.6 is 0 Å². The molecular weight excluding hydrogens is 292 g/mol. The molecule has 0 saturated carbocycles. The fourth-order valence-corrected chi connectivity index (χ4v) is 2.32. The maximum Gasteiger partial charge on any atom is 0.321 e. The molecule has 5 nitrogen and oxygen atoms in total. The number of hydrogen-bond acceptors (Lipinski definition) is 3. The van der Waals surface area contributed by atoms with Crippen LogP contribution in [0.2, 0.25) is 0 Å². The summed E-state index contributed by atoms with van der Waals surface area (Å²) in [5.41, 5.74) is 1.94. The van der Waals surface area contributed by atoms with Crippen LogP contribution in [0, 0.1) is 6.92 Å². The molecule has 0 aromatic heterocycles. The number of urea groups is 1. The van der Waals surface area contributed by atoms with Crippen LogP contribution < -0.4 is 10.1 Å². The van der Waals surface area contributed by atoms with Gasteiger partial charge in [-0.15, -0.1) is 0 Å². The van der Waals surface area contributed by atoms with Crippen molar-refractivity contribution in [3.63, 3.8) is 0 Å². The molecule has 0 bridgehead atoms. The van der Waals surface area contributed by atoms with Gasteiger partial charge in [-0.1, -0.05) is 17.7 Å². The standard InChI is InChI=1S/C18H20N2O3/c1-14-2-6-16(7-3-14)23-17-8-4-15(5-9-17)19-18(21)20-10-12-22-13-11-20/h2-9H,10-13H2,1H3,(H,19,21). The predicted molar refractivity (Wildman–Crippen MR) is 89.1 cm³/mol. The molecule has 23 heavy (non-hydrogen) atoms. The number of amides is 2. The minimum Gasteiger partial charge on any atom is -0.457 e. The van der Waals surface area contributed by atoms with Gasteiger partial charge in [-0.2, -0.15) is 0 Å². The van der Waals surface area contributed by atoms with Crippen molar-refractivity contribution in [2.45, 2.75) is 6.92 Å². The fraction of sp³-hybridized carbons (Fsp3) is 0.278. The Hall–Kier alpha value is -2.53. The number of nitrogens with zero attached hydrogens (tertiary/aromatic N) is 1. The van der Waals surface area contributed by atoms with E-state index in [0.29, 0.717) is 26.3 Å². The Bertz CT molecular complexity index is 647. The van der Waals surface area contributed by atoms with E-state index < -0.39 is 0 Å². The summed E-state index contributed by atoms with van der Waals surface area (Å²) in [4.78, 5) is 13.9. The number of hydrogen-bond donors (Lipinski definition) is 1. The molecule has 2 aromatic rings. The van der Waals surface area contributed by atoms with E-state index in [1.807, 2.05) is 55.5 Å².